The van der Waals surface area contributed by atoms with E-state index in [0.717, 1.165) is 24.4 Å². The van der Waals surface area contributed by atoms with Crippen molar-refractivity contribution in [3.63, 3.8) is 0 Å². The molecule has 0 aromatic carbocycles. The summed E-state index contributed by atoms with van der Waals surface area (Å²) in [6.07, 6.45) is 3.17. The number of nitrogens with one attached hydrogen (secondary N) is 1. The van der Waals surface area contributed by atoms with Crippen molar-refractivity contribution in [2.45, 2.75) is 35.4 Å². The number of fused-ring (bicyclic) bond motifs is 2. The van der Waals surface area contributed by atoms with E-state index < -0.39 is 0 Å². The van der Waals surface area contributed by atoms with Crippen molar-refractivity contribution in [3.8, 4) is 0 Å². The molecule has 3 aromatic heterocycles. The zero-order valence-electron chi connectivity index (χ0n) is 11.7. The van der Waals surface area contributed by atoms with Crippen LogP contribution >= 0.6 is 23.1 Å². The number of pyridine rings is 1. The average Bonchev–Trinajstić information content (AvgIpc) is 3.11. The van der Waals surface area contributed by atoms with Crippen LogP contribution in [0.4, 0.5) is 0 Å². The number of rotatable bonds is 3. The largest absolute Gasteiger partial charge is 0.303 e. The minimum Gasteiger partial charge on any atom is -0.303 e. The van der Waals surface area contributed by atoms with Crippen LogP contribution < -0.4 is 5.32 Å². The van der Waals surface area contributed by atoms with Gasteiger partial charge in [0.1, 0.15) is 0 Å². The van der Waals surface area contributed by atoms with Gasteiger partial charge in [-0.05, 0) is 35.6 Å². The van der Waals surface area contributed by atoms with E-state index in [2.05, 4.69) is 33.9 Å². The number of hydrogen-bond acceptors (Lipinski definition) is 5. The molecule has 0 saturated carbocycles. The van der Waals surface area contributed by atoms with Crippen LogP contribution in [0.15, 0.2) is 40.1 Å². The molecule has 21 heavy (non-hydrogen) atoms. The zero-order chi connectivity index (χ0) is 14.2. The first kappa shape index (κ1) is 13.3. The van der Waals surface area contributed by atoms with Crippen molar-refractivity contribution >= 4 is 28.7 Å². The monoisotopic (exact) mass is 316 g/mol. The van der Waals surface area contributed by atoms with Gasteiger partial charge in [-0.15, -0.1) is 33.3 Å². The molecule has 1 N–H and O–H groups in total. The van der Waals surface area contributed by atoms with Crippen LogP contribution in [-0.2, 0) is 6.54 Å². The molecule has 4 rings (SSSR count). The van der Waals surface area contributed by atoms with Crippen LogP contribution in [0.2, 0.25) is 0 Å². The SMILES string of the molecule is C[C@H]1CC(NCc2nnc3ccccn23)c2ccsc2S1. The van der Waals surface area contributed by atoms with Crippen LogP contribution in [0.25, 0.3) is 5.65 Å². The second kappa shape index (κ2) is 5.44. The lowest BCUT2D eigenvalue weighted by Gasteiger charge is -2.27. The molecule has 0 radical (unpaired) electrons. The fraction of sp³-hybridized carbons (Fsp3) is 0.333. The van der Waals surface area contributed by atoms with E-state index in [0.29, 0.717) is 11.3 Å². The second-order valence-corrected chi connectivity index (χ2v) is 7.93. The molecular weight excluding hydrogens is 300 g/mol. The Bertz CT molecular complexity index is 764. The second-order valence-electron chi connectivity index (χ2n) is 5.31. The Labute approximate surface area is 131 Å². The van der Waals surface area contributed by atoms with Crippen molar-refractivity contribution < 1.29 is 0 Å². The van der Waals surface area contributed by atoms with Gasteiger partial charge in [-0.3, -0.25) is 4.40 Å². The normalized spacial score (nSPS) is 21.6. The van der Waals surface area contributed by atoms with Gasteiger partial charge in [0, 0.05) is 17.5 Å². The predicted molar refractivity (Wildman–Crippen MR) is 86.8 cm³/mol. The molecule has 0 saturated heterocycles. The Hall–Kier alpha value is -1.37. The fourth-order valence-corrected chi connectivity index (χ4v) is 5.34. The van der Waals surface area contributed by atoms with E-state index in [1.807, 2.05) is 51.9 Å². The molecule has 4 nitrogen and oxygen atoms in total. The Kier molecular flexibility index (Phi) is 3.45. The lowest BCUT2D eigenvalue weighted by atomic mass is 10.0. The average molecular weight is 316 g/mol. The molecule has 1 aliphatic rings. The molecule has 108 valence electrons. The standard InChI is InChI=1S/C15H16N4S2/c1-10-8-12(11-5-7-20-15(11)21-10)16-9-14-18-17-13-4-2-3-6-19(13)14/h2-7,10,12,16H,8-9H2,1H3/t10-,12?/m0/s1. The third-order valence-electron chi connectivity index (χ3n) is 3.80. The molecule has 3 aromatic rings. The third kappa shape index (κ3) is 2.47. The quantitative estimate of drug-likeness (QED) is 0.803. The van der Waals surface area contributed by atoms with Gasteiger partial charge in [-0.2, -0.15) is 0 Å². The van der Waals surface area contributed by atoms with Gasteiger partial charge in [-0.1, -0.05) is 13.0 Å². The highest BCUT2D eigenvalue weighted by Gasteiger charge is 2.26. The first-order valence-corrected chi connectivity index (χ1v) is 8.83. The molecule has 0 amide bonds. The van der Waals surface area contributed by atoms with Crippen LogP contribution in [0.5, 0.6) is 0 Å². The maximum absolute atomic E-state index is 4.29. The number of hydrogen-bond donors (Lipinski definition) is 1. The first-order chi connectivity index (χ1) is 10.3. The van der Waals surface area contributed by atoms with Crippen molar-refractivity contribution in [1.29, 1.82) is 0 Å². The summed E-state index contributed by atoms with van der Waals surface area (Å²) in [5.41, 5.74) is 2.34. The molecule has 0 spiro atoms. The molecule has 0 fully saturated rings. The van der Waals surface area contributed by atoms with E-state index in [1.165, 1.54) is 9.77 Å². The van der Waals surface area contributed by atoms with Gasteiger partial charge < -0.3 is 5.32 Å². The summed E-state index contributed by atoms with van der Waals surface area (Å²) >= 11 is 3.84. The number of thioether (sulfide) groups is 1. The minimum atomic E-state index is 0.415. The van der Waals surface area contributed by atoms with Gasteiger partial charge in [-0.25, -0.2) is 0 Å². The maximum atomic E-state index is 4.29. The van der Waals surface area contributed by atoms with Crippen LogP contribution in [-0.4, -0.2) is 19.8 Å². The maximum Gasteiger partial charge on any atom is 0.160 e. The van der Waals surface area contributed by atoms with Crippen molar-refractivity contribution in [2.75, 3.05) is 0 Å². The summed E-state index contributed by atoms with van der Waals surface area (Å²) in [6, 6.07) is 8.64. The minimum absolute atomic E-state index is 0.415. The van der Waals surface area contributed by atoms with Crippen molar-refractivity contribution in [3.05, 3.63) is 47.2 Å². The Morgan fingerprint density at radius 3 is 3.24 bits per heavy atom. The summed E-state index contributed by atoms with van der Waals surface area (Å²) in [7, 11) is 0. The number of aromatic nitrogens is 3. The summed E-state index contributed by atoms with van der Waals surface area (Å²) in [4.78, 5) is 0. The highest BCUT2D eigenvalue weighted by Crippen LogP contribution is 2.43. The molecule has 1 unspecified atom stereocenters. The van der Waals surface area contributed by atoms with Gasteiger partial charge >= 0.3 is 0 Å². The fourth-order valence-electron chi connectivity index (χ4n) is 2.77. The molecule has 2 atom stereocenters. The zero-order valence-corrected chi connectivity index (χ0v) is 13.3. The van der Waals surface area contributed by atoms with Crippen molar-refractivity contribution in [2.24, 2.45) is 0 Å². The highest BCUT2D eigenvalue weighted by molar-refractivity contribution is 8.01. The third-order valence-corrected chi connectivity index (χ3v) is 6.14. The first-order valence-electron chi connectivity index (χ1n) is 7.07. The molecule has 1 aliphatic heterocycles. The van der Waals surface area contributed by atoms with Gasteiger partial charge in [0.15, 0.2) is 11.5 Å². The predicted octanol–water partition coefficient (Wildman–Crippen LogP) is 3.51. The van der Waals surface area contributed by atoms with Crippen LogP contribution in [0.3, 0.4) is 0 Å². The van der Waals surface area contributed by atoms with E-state index in [4.69, 9.17) is 0 Å². The molecular formula is C15H16N4S2. The van der Waals surface area contributed by atoms with E-state index in [-0.39, 0.29) is 0 Å². The van der Waals surface area contributed by atoms with E-state index in [9.17, 15) is 0 Å². The summed E-state index contributed by atoms with van der Waals surface area (Å²) < 4.78 is 3.50. The van der Waals surface area contributed by atoms with Gasteiger partial charge in [0.25, 0.3) is 0 Å². The van der Waals surface area contributed by atoms with E-state index >= 15 is 0 Å². The van der Waals surface area contributed by atoms with Gasteiger partial charge in [0.05, 0.1) is 10.8 Å². The van der Waals surface area contributed by atoms with Crippen LogP contribution in [0, 0.1) is 0 Å². The van der Waals surface area contributed by atoms with E-state index in [1.54, 1.807) is 0 Å². The number of thiophene rings is 1. The molecule has 6 heteroatoms. The summed E-state index contributed by atoms with van der Waals surface area (Å²) in [5.74, 6) is 0.966. The lowest BCUT2D eigenvalue weighted by Crippen LogP contribution is -2.26. The topological polar surface area (TPSA) is 42.2 Å². The molecule has 0 bridgehead atoms. The van der Waals surface area contributed by atoms with Gasteiger partial charge in [0.2, 0.25) is 0 Å². The highest BCUT2D eigenvalue weighted by atomic mass is 32.2. The molecule has 4 heterocycles. The Balaban J connectivity index is 1.55. The number of nitrogens with zero attached hydrogens (tertiary/aromatic N) is 3. The van der Waals surface area contributed by atoms with Crippen molar-refractivity contribution in [1.82, 2.24) is 19.9 Å². The summed E-state index contributed by atoms with van der Waals surface area (Å²) in [6.45, 7) is 3.04. The summed E-state index contributed by atoms with van der Waals surface area (Å²) in [5, 5.41) is 15.0. The smallest absolute Gasteiger partial charge is 0.160 e. The lowest BCUT2D eigenvalue weighted by molar-refractivity contribution is 0.478. The Morgan fingerprint density at radius 2 is 2.29 bits per heavy atom. The van der Waals surface area contributed by atoms with Crippen LogP contribution in [0.1, 0.15) is 30.8 Å². The molecule has 0 aliphatic carbocycles. The Morgan fingerprint density at radius 1 is 1.33 bits per heavy atom.